The molecule has 3 atom stereocenters. The Hall–Kier alpha value is -3.42. The quantitative estimate of drug-likeness (QED) is 0.281. The van der Waals surface area contributed by atoms with E-state index in [-0.39, 0.29) is 6.61 Å². The Balaban J connectivity index is 1.53. The van der Waals surface area contributed by atoms with E-state index in [0.29, 0.717) is 25.6 Å². The van der Waals surface area contributed by atoms with Gasteiger partial charge in [0.15, 0.2) is 0 Å². The van der Waals surface area contributed by atoms with Crippen molar-refractivity contribution in [2.75, 3.05) is 6.61 Å². The zero-order valence-corrected chi connectivity index (χ0v) is 20.4. The second-order valence-electron chi connectivity index (χ2n) is 8.61. The summed E-state index contributed by atoms with van der Waals surface area (Å²) in [6.07, 6.45) is 1.20. The van der Waals surface area contributed by atoms with Crippen molar-refractivity contribution in [3.05, 3.63) is 131 Å². The third kappa shape index (κ3) is 7.80. The van der Waals surface area contributed by atoms with E-state index in [4.69, 9.17) is 14.2 Å². The average molecular weight is 485 g/mol. The smallest absolute Gasteiger partial charge is 0.125 e. The topological polar surface area (TPSA) is 73.7 Å². The highest BCUT2D eigenvalue weighted by Crippen LogP contribution is 2.28. The largest absolute Gasteiger partial charge is 0.388 e. The zero-order valence-electron chi connectivity index (χ0n) is 20.4. The van der Waals surface area contributed by atoms with Crippen LogP contribution in [0.4, 0.5) is 0 Å². The van der Waals surface area contributed by atoms with Crippen molar-refractivity contribution in [2.45, 2.75) is 45.1 Å². The van der Waals surface area contributed by atoms with Crippen LogP contribution in [0.15, 0.2) is 103 Å². The van der Waals surface area contributed by atoms with Gasteiger partial charge in [0.25, 0.3) is 0 Å². The molecule has 4 aromatic rings. The zero-order chi connectivity index (χ0) is 25.0. The molecule has 4 rings (SSSR count). The fourth-order valence-corrected chi connectivity index (χ4v) is 3.82. The Morgan fingerprint density at radius 2 is 1.14 bits per heavy atom. The van der Waals surface area contributed by atoms with Gasteiger partial charge in [-0.3, -0.25) is 0 Å². The summed E-state index contributed by atoms with van der Waals surface area (Å²) < 4.78 is 18.6. The minimum atomic E-state index is -0.945. The summed E-state index contributed by atoms with van der Waals surface area (Å²) in [5, 5.41) is 11.3. The summed E-state index contributed by atoms with van der Waals surface area (Å²) in [6.45, 7) is 2.99. The molecule has 6 nitrogen and oxygen atoms in total. The van der Waals surface area contributed by atoms with Crippen LogP contribution >= 0.6 is 0 Å². The van der Waals surface area contributed by atoms with Crippen LogP contribution in [-0.4, -0.2) is 33.9 Å². The minimum absolute atomic E-state index is 0.0895. The SMILES string of the molecule is Cc1ncc([C@@H](OCc2ccccc2)[C@@H](OCc2ccccc2)[C@H](O)COCc2ccccc2)cn1. The molecule has 36 heavy (non-hydrogen) atoms. The van der Waals surface area contributed by atoms with E-state index in [1.807, 2.05) is 97.9 Å². The maximum absolute atomic E-state index is 11.3. The van der Waals surface area contributed by atoms with Gasteiger partial charge in [-0.2, -0.15) is 0 Å². The van der Waals surface area contributed by atoms with E-state index < -0.39 is 18.3 Å². The first kappa shape index (κ1) is 25.7. The molecular weight excluding hydrogens is 452 g/mol. The van der Waals surface area contributed by atoms with E-state index in [0.717, 1.165) is 22.3 Å². The number of aliphatic hydroxyl groups is 1. The summed E-state index contributed by atoms with van der Waals surface area (Å²) in [6, 6.07) is 29.7. The standard InChI is InChI=1S/C30H32N2O4/c1-23-31-17-27(18-32-23)29(35-20-25-13-7-3-8-14-25)30(36-21-26-15-9-4-10-16-26)28(33)22-34-19-24-11-5-2-6-12-24/h2-18,28-30,33H,19-22H2,1H3/t28-,29-,30+/m1/s1. The van der Waals surface area contributed by atoms with Crippen molar-refractivity contribution in [3.63, 3.8) is 0 Å². The lowest BCUT2D eigenvalue weighted by molar-refractivity contribution is -0.150. The Kier molecular flexibility index (Phi) is 9.70. The van der Waals surface area contributed by atoms with Gasteiger partial charge >= 0.3 is 0 Å². The summed E-state index contributed by atoms with van der Waals surface area (Å²) in [5.74, 6) is 0.661. The molecule has 0 fully saturated rings. The predicted molar refractivity (Wildman–Crippen MR) is 138 cm³/mol. The fourth-order valence-electron chi connectivity index (χ4n) is 3.82. The molecule has 6 heteroatoms. The summed E-state index contributed by atoms with van der Waals surface area (Å²) >= 11 is 0. The van der Waals surface area contributed by atoms with Crippen molar-refractivity contribution in [1.29, 1.82) is 0 Å². The lowest BCUT2D eigenvalue weighted by Crippen LogP contribution is -2.39. The molecule has 0 amide bonds. The Morgan fingerprint density at radius 1 is 0.667 bits per heavy atom. The first-order valence-electron chi connectivity index (χ1n) is 12.1. The van der Waals surface area contributed by atoms with Gasteiger partial charge < -0.3 is 19.3 Å². The normalized spacial score (nSPS) is 13.7. The number of rotatable bonds is 13. The van der Waals surface area contributed by atoms with E-state index in [9.17, 15) is 5.11 Å². The molecule has 0 saturated heterocycles. The van der Waals surface area contributed by atoms with Crippen molar-refractivity contribution >= 4 is 0 Å². The van der Waals surface area contributed by atoms with Gasteiger partial charge in [-0.1, -0.05) is 91.0 Å². The Labute approximate surface area is 212 Å². The third-order valence-electron chi connectivity index (χ3n) is 5.76. The number of benzene rings is 3. The molecule has 0 spiro atoms. The van der Waals surface area contributed by atoms with Crippen LogP contribution < -0.4 is 0 Å². The minimum Gasteiger partial charge on any atom is -0.388 e. The van der Waals surface area contributed by atoms with Crippen LogP contribution in [0.3, 0.4) is 0 Å². The van der Waals surface area contributed by atoms with Gasteiger partial charge in [0.1, 0.15) is 24.1 Å². The van der Waals surface area contributed by atoms with Gasteiger partial charge in [0.2, 0.25) is 0 Å². The van der Waals surface area contributed by atoms with Gasteiger partial charge in [0, 0.05) is 18.0 Å². The molecular formula is C30H32N2O4. The Morgan fingerprint density at radius 3 is 1.67 bits per heavy atom. The molecule has 0 aliphatic rings. The summed E-state index contributed by atoms with van der Waals surface area (Å²) in [4.78, 5) is 8.71. The average Bonchev–Trinajstić information content (AvgIpc) is 2.93. The second-order valence-corrected chi connectivity index (χ2v) is 8.61. The first-order chi connectivity index (χ1) is 17.7. The van der Waals surface area contributed by atoms with E-state index in [1.54, 1.807) is 12.4 Å². The number of aliphatic hydroxyl groups excluding tert-OH is 1. The van der Waals surface area contributed by atoms with Crippen LogP contribution in [0.2, 0.25) is 0 Å². The Bertz CT molecular complexity index is 1140. The van der Waals surface area contributed by atoms with Crippen molar-refractivity contribution < 1.29 is 19.3 Å². The number of ether oxygens (including phenoxy) is 3. The van der Waals surface area contributed by atoms with Gasteiger partial charge in [-0.25, -0.2) is 9.97 Å². The maximum Gasteiger partial charge on any atom is 0.125 e. The number of aryl methyl sites for hydroxylation is 1. The molecule has 186 valence electrons. The van der Waals surface area contributed by atoms with Gasteiger partial charge in [-0.05, 0) is 23.6 Å². The van der Waals surface area contributed by atoms with Crippen molar-refractivity contribution in [3.8, 4) is 0 Å². The summed E-state index contributed by atoms with van der Waals surface area (Å²) in [7, 11) is 0. The summed E-state index contributed by atoms with van der Waals surface area (Å²) in [5.41, 5.74) is 3.79. The lowest BCUT2D eigenvalue weighted by Gasteiger charge is -2.31. The molecule has 0 radical (unpaired) electrons. The molecule has 1 aromatic heterocycles. The van der Waals surface area contributed by atoms with Crippen LogP contribution in [0.1, 0.15) is 34.2 Å². The molecule has 1 N–H and O–H groups in total. The fraction of sp³-hybridized carbons (Fsp3) is 0.267. The number of hydrogen-bond donors (Lipinski definition) is 1. The van der Waals surface area contributed by atoms with Crippen LogP contribution in [0.25, 0.3) is 0 Å². The molecule has 0 aliphatic heterocycles. The van der Waals surface area contributed by atoms with Crippen LogP contribution in [0.5, 0.6) is 0 Å². The van der Waals surface area contributed by atoms with Gasteiger partial charge in [-0.15, -0.1) is 0 Å². The monoisotopic (exact) mass is 484 g/mol. The number of hydrogen-bond acceptors (Lipinski definition) is 6. The highest BCUT2D eigenvalue weighted by Gasteiger charge is 2.32. The molecule has 0 saturated carbocycles. The van der Waals surface area contributed by atoms with E-state index in [2.05, 4.69) is 9.97 Å². The van der Waals surface area contributed by atoms with Crippen LogP contribution in [0, 0.1) is 6.92 Å². The highest BCUT2D eigenvalue weighted by atomic mass is 16.6. The number of aromatic nitrogens is 2. The maximum atomic E-state index is 11.3. The molecule has 0 bridgehead atoms. The van der Waals surface area contributed by atoms with Crippen LogP contribution in [-0.2, 0) is 34.0 Å². The van der Waals surface area contributed by atoms with Gasteiger partial charge in [0.05, 0.1) is 26.4 Å². The highest BCUT2D eigenvalue weighted by molar-refractivity contribution is 5.17. The van der Waals surface area contributed by atoms with Crippen molar-refractivity contribution in [2.24, 2.45) is 0 Å². The van der Waals surface area contributed by atoms with E-state index in [1.165, 1.54) is 0 Å². The third-order valence-corrected chi connectivity index (χ3v) is 5.76. The lowest BCUT2D eigenvalue weighted by atomic mass is 10.0. The molecule has 0 aliphatic carbocycles. The number of nitrogens with zero attached hydrogens (tertiary/aromatic N) is 2. The second kappa shape index (κ2) is 13.6. The molecule has 1 heterocycles. The van der Waals surface area contributed by atoms with E-state index >= 15 is 0 Å². The first-order valence-corrected chi connectivity index (χ1v) is 12.1. The van der Waals surface area contributed by atoms with Crippen molar-refractivity contribution in [1.82, 2.24) is 9.97 Å². The molecule has 3 aromatic carbocycles. The predicted octanol–water partition coefficient (Wildman–Crippen LogP) is 5.21. The molecule has 0 unspecified atom stereocenters.